The van der Waals surface area contributed by atoms with E-state index in [1.807, 2.05) is 4.90 Å². The Morgan fingerprint density at radius 2 is 1.79 bits per heavy atom. The highest BCUT2D eigenvalue weighted by molar-refractivity contribution is 5.76. The first-order valence-corrected chi connectivity index (χ1v) is 7.93. The second kappa shape index (κ2) is 7.85. The van der Waals surface area contributed by atoms with Crippen LogP contribution in [-0.2, 0) is 4.79 Å². The van der Waals surface area contributed by atoms with Gasteiger partial charge in [0.2, 0.25) is 5.91 Å². The molecule has 4 nitrogen and oxygen atoms in total. The monoisotopic (exact) mass is 267 g/mol. The quantitative estimate of drug-likeness (QED) is 0.763. The molecule has 0 spiro atoms. The SMILES string of the molecule is CN1CCC(CNCCC(=O)N2CCCCC2)CC1. The number of carbonyl (C=O) groups is 1. The third kappa shape index (κ3) is 5.11. The number of piperidine rings is 2. The van der Waals surface area contributed by atoms with E-state index in [2.05, 4.69) is 17.3 Å². The first-order valence-electron chi connectivity index (χ1n) is 7.93. The Morgan fingerprint density at radius 3 is 2.47 bits per heavy atom. The minimum absolute atomic E-state index is 0.343. The molecule has 2 aliphatic heterocycles. The number of carbonyl (C=O) groups excluding carboxylic acids is 1. The van der Waals surface area contributed by atoms with E-state index < -0.39 is 0 Å². The number of rotatable bonds is 5. The fourth-order valence-electron chi connectivity index (χ4n) is 3.07. The summed E-state index contributed by atoms with van der Waals surface area (Å²) < 4.78 is 0. The lowest BCUT2D eigenvalue weighted by atomic mass is 9.97. The maximum atomic E-state index is 12.0. The van der Waals surface area contributed by atoms with Crippen molar-refractivity contribution in [2.24, 2.45) is 5.92 Å². The Hall–Kier alpha value is -0.610. The topological polar surface area (TPSA) is 35.6 Å². The van der Waals surface area contributed by atoms with Crippen molar-refractivity contribution in [2.45, 2.75) is 38.5 Å². The van der Waals surface area contributed by atoms with Gasteiger partial charge in [-0.2, -0.15) is 0 Å². The minimum atomic E-state index is 0.343. The van der Waals surface area contributed by atoms with E-state index in [4.69, 9.17) is 0 Å². The first-order chi connectivity index (χ1) is 9.25. The summed E-state index contributed by atoms with van der Waals surface area (Å²) in [6, 6.07) is 0. The van der Waals surface area contributed by atoms with Crippen LogP contribution in [0.5, 0.6) is 0 Å². The van der Waals surface area contributed by atoms with E-state index in [-0.39, 0.29) is 0 Å². The minimum Gasteiger partial charge on any atom is -0.343 e. The number of likely N-dealkylation sites (tertiary alicyclic amines) is 2. The third-order valence-corrected chi connectivity index (χ3v) is 4.50. The zero-order valence-corrected chi connectivity index (χ0v) is 12.4. The molecule has 0 aromatic rings. The number of amides is 1. The van der Waals surface area contributed by atoms with Crippen molar-refractivity contribution in [3.63, 3.8) is 0 Å². The van der Waals surface area contributed by atoms with Crippen LogP contribution in [0.2, 0.25) is 0 Å². The van der Waals surface area contributed by atoms with Crippen LogP contribution in [0.1, 0.15) is 38.5 Å². The van der Waals surface area contributed by atoms with Crippen molar-refractivity contribution in [1.82, 2.24) is 15.1 Å². The Kier molecular flexibility index (Phi) is 6.11. The van der Waals surface area contributed by atoms with Crippen LogP contribution in [0.4, 0.5) is 0 Å². The smallest absolute Gasteiger partial charge is 0.223 e. The van der Waals surface area contributed by atoms with Gasteiger partial charge in [-0.15, -0.1) is 0 Å². The molecule has 0 radical (unpaired) electrons. The largest absolute Gasteiger partial charge is 0.343 e. The van der Waals surface area contributed by atoms with Crippen LogP contribution >= 0.6 is 0 Å². The summed E-state index contributed by atoms with van der Waals surface area (Å²) in [5.74, 6) is 1.15. The van der Waals surface area contributed by atoms with Crippen molar-refractivity contribution in [1.29, 1.82) is 0 Å². The number of nitrogens with one attached hydrogen (secondary N) is 1. The molecule has 2 heterocycles. The molecule has 4 heteroatoms. The van der Waals surface area contributed by atoms with Crippen LogP contribution in [0.25, 0.3) is 0 Å². The lowest BCUT2D eigenvalue weighted by molar-refractivity contribution is -0.131. The van der Waals surface area contributed by atoms with Crippen molar-refractivity contribution in [2.75, 3.05) is 46.3 Å². The molecule has 2 fully saturated rings. The molecule has 0 atom stereocenters. The fourth-order valence-corrected chi connectivity index (χ4v) is 3.07. The maximum absolute atomic E-state index is 12.0. The molecular weight excluding hydrogens is 238 g/mol. The number of nitrogens with zero attached hydrogens (tertiary/aromatic N) is 2. The highest BCUT2D eigenvalue weighted by Crippen LogP contribution is 2.14. The average molecular weight is 267 g/mol. The summed E-state index contributed by atoms with van der Waals surface area (Å²) in [4.78, 5) is 16.4. The van der Waals surface area contributed by atoms with E-state index >= 15 is 0 Å². The van der Waals surface area contributed by atoms with Crippen LogP contribution in [0.3, 0.4) is 0 Å². The molecule has 2 rings (SSSR count). The molecule has 0 aliphatic carbocycles. The van der Waals surface area contributed by atoms with Gasteiger partial charge in [-0.25, -0.2) is 0 Å². The van der Waals surface area contributed by atoms with Crippen LogP contribution < -0.4 is 5.32 Å². The van der Waals surface area contributed by atoms with Crippen LogP contribution in [0.15, 0.2) is 0 Å². The van der Waals surface area contributed by atoms with Crippen LogP contribution in [0, 0.1) is 5.92 Å². The number of hydrogen-bond donors (Lipinski definition) is 1. The van der Waals surface area contributed by atoms with Gasteiger partial charge in [0.1, 0.15) is 0 Å². The average Bonchev–Trinajstić information content (AvgIpc) is 2.46. The van der Waals surface area contributed by atoms with Crippen molar-refractivity contribution >= 4 is 5.91 Å². The zero-order chi connectivity index (χ0) is 13.5. The molecular formula is C15H29N3O. The molecule has 1 amide bonds. The van der Waals surface area contributed by atoms with E-state index in [0.717, 1.165) is 32.1 Å². The van der Waals surface area contributed by atoms with Gasteiger partial charge in [-0.05, 0) is 64.7 Å². The van der Waals surface area contributed by atoms with E-state index in [9.17, 15) is 4.79 Å². The van der Waals surface area contributed by atoms with E-state index in [1.54, 1.807) is 0 Å². The number of hydrogen-bond acceptors (Lipinski definition) is 3. The fraction of sp³-hybridized carbons (Fsp3) is 0.933. The van der Waals surface area contributed by atoms with Gasteiger partial charge in [0.15, 0.2) is 0 Å². The summed E-state index contributed by atoms with van der Waals surface area (Å²) in [5.41, 5.74) is 0. The summed E-state index contributed by atoms with van der Waals surface area (Å²) in [5, 5.41) is 3.47. The van der Waals surface area contributed by atoms with Gasteiger partial charge in [0.05, 0.1) is 0 Å². The lowest BCUT2D eigenvalue weighted by Crippen LogP contribution is -2.38. The zero-order valence-electron chi connectivity index (χ0n) is 12.4. The van der Waals surface area contributed by atoms with Gasteiger partial charge in [0, 0.05) is 26.1 Å². The highest BCUT2D eigenvalue weighted by atomic mass is 16.2. The standard InChI is InChI=1S/C15H29N3O/c1-17-11-6-14(7-12-17)13-16-8-5-15(19)18-9-3-2-4-10-18/h14,16H,2-13H2,1H3. The predicted molar refractivity (Wildman–Crippen MR) is 78.1 cm³/mol. The summed E-state index contributed by atoms with van der Waals surface area (Å²) in [6.45, 7) is 6.34. The van der Waals surface area contributed by atoms with Crippen molar-refractivity contribution < 1.29 is 4.79 Å². The molecule has 2 aliphatic rings. The lowest BCUT2D eigenvalue weighted by Gasteiger charge is -2.29. The molecule has 2 saturated heterocycles. The molecule has 1 N–H and O–H groups in total. The van der Waals surface area contributed by atoms with Crippen molar-refractivity contribution in [3.8, 4) is 0 Å². The van der Waals surface area contributed by atoms with E-state index in [1.165, 1.54) is 45.2 Å². The highest BCUT2D eigenvalue weighted by Gasteiger charge is 2.17. The van der Waals surface area contributed by atoms with E-state index in [0.29, 0.717) is 12.3 Å². The molecule has 19 heavy (non-hydrogen) atoms. The van der Waals surface area contributed by atoms with Crippen molar-refractivity contribution in [3.05, 3.63) is 0 Å². The summed E-state index contributed by atoms with van der Waals surface area (Å²) in [7, 11) is 2.20. The molecule has 0 saturated carbocycles. The molecule has 0 unspecified atom stereocenters. The third-order valence-electron chi connectivity index (χ3n) is 4.50. The maximum Gasteiger partial charge on any atom is 0.223 e. The van der Waals surface area contributed by atoms with Gasteiger partial charge >= 0.3 is 0 Å². The van der Waals surface area contributed by atoms with Gasteiger partial charge in [-0.3, -0.25) is 4.79 Å². The second-order valence-corrected chi connectivity index (χ2v) is 6.14. The Labute approximate surface area is 117 Å². The Bertz CT molecular complexity index is 269. The van der Waals surface area contributed by atoms with Gasteiger partial charge in [-0.1, -0.05) is 0 Å². The van der Waals surface area contributed by atoms with Gasteiger partial charge < -0.3 is 15.1 Å². The van der Waals surface area contributed by atoms with Gasteiger partial charge in [0.25, 0.3) is 0 Å². The van der Waals surface area contributed by atoms with Crippen LogP contribution in [-0.4, -0.2) is 62.0 Å². The normalized spacial score (nSPS) is 22.7. The Morgan fingerprint density at radius 1 is 1.11 bits per heavy atom. The molecule has 0 aromatic heterocycles. The molecule has 110 valence electrons. The Balaban J connectivity index is 1.52. The predicted octanol–water partition coefficient (Wildman–Crippen LogP) is 1.32. The first kappa shape index (κ1) is 14.8. The summed E-state index contributed by atoms with van der Waals surface area (Å²) in [6.07, 6.45) is 6.93. The molecule has 0 bridgehead atoms. The molecule has 0 aromatic carbocycles. The summed E-state index contributed by atoms with van der Waals surface area (Å²) >= 11 is 0. The second-order valence-electron chi connectivity index (χ2n) is 6.14.